The molecule has 14 heteroatoms. The standard InChI is InChI=1S/C43H80NO12P/c1-3-5-7-9-11-13-15-17-18-19-21-23-25-27-29-31-36(46)35(33-55-57(53,54)56-43-41(51)39(49)38(48)40(50)42(43)52)44-37(47)32-34(45)30-28-26-24-22-20-16-14-12-10-8-6-4-2/h15,17,21,23,29,31,34-36,38-43,45-46,48-52H,3-14,16,18-20,22,24-28,30,32-33H2,1-2H3,(H,44,47)(H,53,54)/b17-15+,23-21+,31-29+. The van der Waals surface area contributed by atoms with E-state index in [1.165, 1.54) is 89.5 Å². The van der Waals surface area contributed by atoms with E-state index in [0.29, 0.717) is 19.3 Å². The summed E-state index contributed by atoms with van der Waals surface area (Å²) in [5.41, 5.74) is 0. The molecule has 0 aromatic heterocycles. The molecular formula is C43H80NO12P. The molecule has 0 aromatic rings. The van der Waals surface area contributed by atoms with Crippen molar-refractivity contribution in [2.45, 2.75) is 223 Å². The normalized spacial score (nSPS) is 24.3. The number of aliphatic hydroxyl groups excluding tert-OH is 7. The van der Waals surface area contributed by atoms with Crippen molar-refractivity contribution in [1.29, 1.82) is 0 Å². The first kappa shape index (κ1) is 53.5. The van der Waals surface area contributed by atoms with Crippen molar-refractivity contribution >= 4 is 13.7 Å². The lowest BCUT2D eigenvalue weighted by Gasteiger charge is -2.41. The third kappa shape index (κ3) is 25.7. The Morgan fingerprint density at radius 1 is 0.614 bits per heavy atom. The molecule has 334 valence electrons. The van der Waals surface area contributed by atoms with Crippen LogP contribution in [0, 0.1) is 0 Å². The van der Waals surface area contributed by atoms with E-state index in [4.69, 9.17) is 9.05 Å². The number of hydrogen-bond acceptors (Lipinski definition) is 11. The van der Waals surface area contributed by atoms with Gasteiger partial charge in [-0.3, -0.25) is 13.8 Å². The number of phosphoric ester groups is 1. The first-order valence-electron chi connectivity index (χ1n) is 22.0. The lowest BCUT2D eigenvalue weighted by molar-refractivity contribution is -0.220. The van der Waals surface area contributed by atoms with Gasteiger partial charge >= 0.3 is 7.82 Å². The summed E-state index contributed by atoms with van der Waals surface area (Å²) >= 11 is 0. The Kier molecular flexibility index (Phi) is 31.2. The summed E-state index contributed by atoms with van der Waals surface area (Å²) < 4.78 is 22.8. The van der Waals surface area contributed by atoms with Crippen LogP contribution < -0.4 is 5.32 Å². The van der Waals surface area contributed by atoms with Crippen LogP contribution in [0.2, 0.25) is 0 Å². The Bertz CT molecular complexity index is 1120. The minimum absolute atomic E-state index is 0.254. The molecule has 8 atom stereocenters. The van der Waals surface area contributed by atoms with Crippen molar-refractivity contribution in [1.82, 2.24) is 5.32 Å². The average molecular weight is 834 g/mol. The van der Waals surface area contributed by atoms with Gasteiger partial charge in [0.1, 0.15) is 36.6 Å². The first-order valence-corrected chi connectivity index (χ1v) is 23.5. The molecule has 13 nitrogen and oxygen atoms in total. The minimum Gasteiger partial charge on any atom is -0.393 e. The average Bonchev–Trinajstić information content (AvgIpc) is 3.18. The molecule has 1 fully saturated rings. The zero-order valence-electron chi connectivity index (χ0n) is 35.0. The largest absolute Gasteiger partial charge is 0.472 e. The van der Waals surface area contributed by atoms with E-state index in [-0.39, 0.29) is 6.42 Å². The lowest BCUT2D eigenvalue weighted by Crippen LogP contribution is -2.64. The van der Waals surface area contributed by atoms with Gasteiger partial charge in [-0.05, 0) is 44.9 Å². The van der Waals surface area contributed by atoms with Gasteiger partial charge in [0, 0.05) is 0 Å². The van der Waals surface area contributed by atoms with Gasteiger partial charge in [0.2, 0.25) is 5.91 Å². The second-order valence-electron chi connectivity index (χ2n) is 15.7. The van der Waals surface area contributed by atoms with Gasteiger partial charge in [-0.1, -0.05) is 153 Å². The van der Waals surface area contributed by atoms with Crippen LogP contribution in [0.1, 0.15) is 168 Å². The number of amides is 1. The fraction of sp³-hybridized carbons (Fsp3) is 0.837. The summed E-state index contributed by atoms with van der Waals surface area (Å²) in [6.45, 7) is 3.68. The summed E-state index contributed by atoms with van der Waals surface area (Å²) in [6.07, 6.45) is 22.4. The topological polar surface area (TPSA) is 226 Å². The Hall–Kier alpha value is -1.48. The van der Waals surface area contributed by atoms with Crippen LogP contribution in [-0.2, 0) is 18.4 Å². The molecule has 0 saturated heterocycles. The Morgan fingerprint density at radius 3 is 1.54 bits per heavy atom. The Morgan fingerprint density at radius 2 is 1.04 bits per heavy atom. The molecular weight excluding hydrogens is 753 g/mol. The molecule has 57 heavy (non-hydrogen) atoms. The molecule has 1 rings (SSSR count). The van der Waals surface area contributed by atoms with E-state index in [1.54, 1.807) is 6.08 Å². The maximum Gasteiger partial charge on any atom is 0.472 e. The van der Waals surface area contributed by atoms with Crippen LogP contribution >= 0.6 is 7.82 Å². The number of nitrogens with one attached hydrogen (secondary N) is 1. The van der Waals surface area contributed by atoms with Crippen molar-refractivity contribution in [3.05, 3.63) is 36.5 Å². The van der Waals surface area contributed by atoms with Gasteiger partial charge in [0.25, 0.3) is 0 Å². The molecule has 1 amide bonds. The number of rotatable bonds is 35. The van der Waals surface area contributed by atoms with E-state index in [0.717, 1.165) is 44.9 Å². The van der Waals surface area contributed by atoms with Gasteiger partial charge in [-0.25, -0.2) is 4.57 Å². The summed E-state index contributed by atoms with van der Waals surface area (Å²) in [4.78, 5) is 23.4. The third-order valence-electron chi connectivity index (χ3n) is 10.5. The number of aliphatic hydroxyl groups is 7. The summed E-state index contributed by atoms with van der Waals surface area (Å²) in [5, 5.41) is 74.2. The number of hydrogen-bond donors (Lipinski definition) is 9. The quantitative estimate of drug-likeness (QED) is 0.0187. The third-order valence-corrected chi connectivity index (χ3v) is 11.4. The van der Waals surface area contributed by atoms with Gasteiger partial charge in [0.05, 0.1) is 31.3 Å². The molecule has 1 aliphatic carbocycles. The molecule has 0 radical (unpaired) electrons. The van der Waals surface area contributed by atoms with Crippen LogP contribution in [0.4, 0.5) is 0 Å². The fourth-order valence-electron chi connectivity index (χ4n) is 6.80. The number of carbonyl (C=O) groups excluding carboxylic acids is 1. The smallest absolute Gasteiger partial charge is 0.393 e. The minimum atomic E-state index is -5.15. The number of allylic oxidation sites excluding steroid dienone is 5. The van der Waals surface area contributed by atoms with E-state index < -0.39 is 75.2 Å². The highest BCUT2D eigenvalue weighted by Gasteiger charge is 2.51. The second-order valence-corrected chi connectivity index (χ2v) is 17.1. The Labute approximate surface area is 343 Å². The van der Waals surface area contributed by atoms with Crippen molar-refractivity contribution in [2.75, 3.05) is 6.61 Å². The highest BCUT2D eigenvalue weighted by atomic mass is 31.2. The monoisotopic (exact) mass is 834 g/mol. The van der Waals surface area contributed by atoms with Crippen LogP contribution in [-0.4, -0.2) is 108 Å². The molecule has 9 N–H and O–H groups in total. The fourth-order valence-corrected chi connectivity index (χ4v) is 7.77. The molecule has 1 aliphatic rings. The molecule has 0 bridgehead atoms. The van der Waals surface area contributed by atoms with Gasteiger partial charge < -0.3 is 46.0 Å². The number of unbranched alkanes of at least 4 members (excludes halogenated alkanes) is 18. The first-order chi connectivity index (χ1) is 27.3. The maximum absolute atomic E-state index is 12.9. The van der Waals surface area contributed by atoms with Crippen molar-refractivity contribution in [3.8, 4) is 0 Å². The van der Waals surface area contributed by atoms with Crippen molar-refractivity contribution in [3.63, 3.8) is 0 Å². The SMILES string of the molecule is CCCCCCC/C=C/CC/C=C/CC/C=C/C(O)C(COP(=O)(O)OC1C(O)C(O)C(O)C(O)C1O)NC(=O)CC(O)CCCCCCCCCCCCCC. The summed E-state index contributed by atoms with van der Waals surface area (Å²) in [6, 6.07) is -1.26. The zero-order valence-corrected chi connectivity index (χ0v) is 35.9. The van der Waals surface area contributed by atoms with E-state index in [1.807, 2.05) is 0 Å². The van der Waals surface area contributed by atoms with Crippen LogP contribution in [0.15, 0.2) is 36.5 Å². The van der Waals surface area contributed by atoms with Gasteiger partial charge in [-0.2, -0.15) is 0 Å². The summed E-state index contributed by atoms with van der Waals surface area (Å²) in [5.74, 6) is -0.608. The predicted octanol–water partition coefficient (Wildman–Crippen LogP) is 6.58. The molecule has 1 saturated carbocycles. The van der Waals surface area contributed by atoms with Crippen LogP contribution in [0.3, 0.4) is 0 Å². The molecule has 8 unspecified atom stereocenters. The van der Waals surface area contributed by atoms with E-state index >= 15 is 0 Å². The Balaban J connectivity index is 2.64. The highest BCUT2D eigenvalue weighted by Crippen LogP contribution is 2.47. The van der Waals surface area contributed by atoms with Crippen LogP contribution in [0.5, 0.6) is 0 Å². The molecule has 0 spiro atoms. The maximum atomic E-state index is 12.9. The van der Waals surface area contributed by atoms with Gasteiger partial charge in [0.15, 0.2) is 0 Å². The highest BCUT2D eigenvalue weighted by molar-refractivity contribution is 7.47. The lowest BCUT2D eigenvalue weighted by atomic mass is 9.85. The van der Waals surface area contributed by atoms with Crippen molar-refractivity contribution in [2.24, 2.45) is 0 Å². The van der Waals surface area contributed by atoms with E-state index in [9.17, 15) is 50.0 Å². The van der Waals surface area contributed by atoms with Crippen molar-refractivity contribution < 1.29 is 59.0 Å². The van der Waals surface area contributed by atoms with E-state index in [2.05, 4.69) is 43.5 Å². The van der Waals surface area contributed by atoms with Gasteiger partial charge in [-0.15, -0.1) is 0 Å². The number of carbonyl (C=O) groups is 1. The van der Waals surface area contributed by atoms with Crippen LogP contribution in [0.25, 0.3) is 0 Å². The molecule has 0 aromatic carbocycles. The summed E-state index contributed by atoms with van der Waals surface area (Å²) in [7, 11) is -5.15. The second kappa shape index (κ2) is 33.3. The molecule has 0 heterocycles. The molecule has 0 aliphatic heterocycles. The predicted molar refractivity (Wildman–Crippen MR) is 224 cm³/mol. The number of phosphoric acid groups is 1. The zero-order chi connectivity index (χ0) is 42.3.